The lowest BCUT2D eigenvalue weighted by Crippen LogP contribution is -1.96. The lowest BCUT2D eigenvalue weighted by atomic mass is 10.0. The Balaban J connectivity index is 1.38. The van der Waals surface area contributed by atoms with Crippen LogP contribution in [0.2, 0.25) is 0 Å². The highest BCUT2D eigenvalue weighted by molar-refractivity contribution is 6.12. The fourth-order valence-electron chi connectivity index (χ4n) is 6.03. The number of aromatic nitrogens is 1. The Kier molecular flexibility index (Phi) is 7.65. The Bertz CT molecular complexity index is 2050. The monoisotopic (exact) mass is 587 g/mol. The molecule has 5 heteroatoms. The number of nitrogens with zero attached hydrogens (tertiary/aromatic N) is 1. The molecule has 45 heavy (non-hydrogen) atoms. The minimum Gasteiger partial charge on any atom is -0.495 e. The summed E-state index contributed by atoms with van der Waals surface area (Å²) in [7, 11) is 0. The van der Waals surface area contributed by atoms with Crippen molar-refractivity contribution in [2.75, 3.05) is 0 Å². The van der Waals surface area contributed by atoms with E-state index in [1.165, 1.54) is 46.5 Å². The summed E-state index contributed by atoms with van der Waals surface area (Å²) < 4.78 is 13.3. The maximum Gasteiger partial charge on any atom is 0.112 e. The first-order valence-corrected chi connectivity index (χ1v) is 15.0. The molecule has 0 aliphatic rings. The average molecular weight is 588 g/mol. The van der Waals surface area contributed by atoms with Crippen LogP contribution in [-0.4, -0.2) is 4.57 Å². The molecular formula is C40H33N3O2. The molecule has 5 nitrogen and oxygen atoms in total. The highest BCUT2D eigenvalue weighted by atomic mass is 16.5. The molecule has 7 aromatic rings. The SMILES string of the molecule is N/C=C\OCc1ccc(-c2ccc3c4ccc(-c5ccc(CO/C=C\N)cc5)cc4n(-c4cccc5ccccc45)c3c2)cc1. The molecule has 1 heterocycles. The van der Waals surface area contributed by atoms with E-state index in [0.29, 0.717) is 13.2 Å². The Morgan fingerprint density at radius 3 is 1.51 bits per heavy atom. The van der Waals surface area contributed by atoms with Crippen molar-refractivity contribution in [2.45, 2.75) is 13.2 Å². The van der Waals surface area contributed by atoms with E-state index in [9.17, 15) is 0 Å². The predicted octanol–water partition coefficient (Wildman–Crippen LogP) is 9.16. The third-order valence-electron chi connectivity index (χ3n) is 8.20. The molecule has 0 aliphatic carbocycles. The quantitative estimate of drug-likeness (QED) is 0.165. The minimum atomic E-state index is 0.479. The Morgan fingerprint density at radius 2 is 0.978 bits per heavy atom. The van der Waals surface area contributed by atoms with Crippen LogP contribution >= 0.6 is 0 Å². The third-order valence-corrected chi connectivity index (χ3v) is 8.20. The van der Waals surface area contributed by atoms with E-state index in [1.807, 2.05) is 0 Å². The molecule has 0 radical (unpaired) electrons. The van der Waals surface area contributed by atoms with Gasteiger partial charge in [-0.3, -0.25) is 0 Å². The summed E-state index contributed by atoms with van der Waals surface area (Å²) in [5, 5.41) is 4.85. The second kappa shape index (κ2) is 12.3. The number of fused-ring (bicyclic) bond motifs is 4. The number of nitrogens with two attached hydrogens (primary N) is 2. The third kappa shape index (κ3) is 5.48. The van der Waals surface area contributed by atoms with E-state index in [1.54, 1.807) is 0 Å². The van der Waals surface area contributed by atoms with Crippen LogP contribution in [0.15, 0.2) is 152 Å². The molecule has 0 aliphatic heterocycles. The minimum absolute atomic E-state index is 0.479. The van der Waals surface area contributed by atoms with E-state index in [4.69, 9.17) is 20.9 Å². The van der Waals surface area contributed by atoms with Crippen LogP contribution in [-0.2, 0) is 22.7 Å². The first-order valence-electron chi connectivity index (χ1n) is 15.0. The molecule has 0 atom stereocenters. The topological polar surface area (TPSA) is 75.4 Å². The maximum atomic E-state index is 5.45. The van der Waals surface area contributed by atoms with Crippen LogP contribution in [0.3, 0.4) is 0 Å². The van der Waals surface area contributed by atoms with Crippen molar-refractivity contribution in [3.05, 3.63) is 163 Å². The molecule has 7 rings (SSSR count). The van der Waals surface area contributed by atoms with Gasteiger partial charge in [-0.05, 0) is 57.0 Å². The van der Waals surface area contributed by atoms with Crippen molar-refractivity contribution in [1.82, 2.24) is 4.57 Å². The van der Waals surface area contributed by atoms with Gasteiger partial charge in [-0.2, -0.15) is 0 Å². The van der Waals surface area contributed by atoms with E-state index in [-0.39, 0.29) is 0 Å². The molecule has 0 bridgehead atoms. The molecule has 0 unspecified atom stereocenters. The summed E-state index contributed by atoms with van der Waals surface area (Å²) in [4.78, 5) is 0. The molecule has 6 aromatic carbocycles. The van der Waals surface area contributed by atoms with Crippen LogP contribution in [0.1, 0.15) is 11.1 Å². The highest BCUT2D eigenvalue weighted by Crippen LogP contribution is 2.38. The van der Waals surface area contributed by atoms with Gasteiger partial charge in [0.25, 0.3) is 0 Å². The van der Waals surface area contributed by atoms with Crippen molar-refractivity contribution in [3.8, 4) is 27.9 Å². The number of hydrogen-bond donors (Lipinski definition) is 2. The van der Waals surface area contributed by atoms with E-state index >= 15 is 0 Å². The lowest BCUT2D eigenvalue weighted by Gasteiger charge is -2.13. The molecular weight excluding hydrogens is 554 g/mol. The molecule has 0 saturated heterocycles. The Hall–Kier alpha value is -5.94. The molecule has 1 aromatic heterocycles. The normalized spacial score (nSPS) is 11.7. The maximum absolute atomic E-state index is 5.45. The van der Waals surface area contributed by atoms with Gasteiger partial charge in [-0.15, -0.1) is 0 Å². The van der Waals surface area contributed by atoms with E-state index in [0.717, 1.165) is 50.1 Å². The van der Waals surface area contributed by atoms with Gasteiger partial charge in [-0.25, -0.2) is 0 Å². The van der Waals surface area contributed by atoms with Gasteiger partial charge in [0.05, 0.1) is 29.2 Å². The first-order chi connectivity index (χ1) is 22.2. The summed E-state index contributed by atoms with van der Waals surface area (Å²) in [5.74, 6) is 0. The molecule has 220 valence electrons. The van der Waals surface area contributed by atoms with Crippen molar-refractivity contribution in [2.24, 2.45) is 11.5 Å². The molecule has 4 N–H and O–H groups in total. The van der Waals surface area contributed by atoms with Gasteiger partial charge in [0.1, 0.15) is 13.2 Å². The van der Waals surface area contributed by atoms with Crippen LogP contribution in [0, 0.1) is 0 Å². The number of hydrogen-bond acceptors (Lipinski definition) is 4. The predicted molar refractivity (Wildman–Crippen MR) is 185 cm³/mol. The highest BCUT2D eigenvalue weighted by Gasteiger charge is 2.16. The fourth-order valence-corrected chi connectivity index (χ4v) is 6.03. The van der Waals surface area contributed by atoms with Gasteiger partial charge >= 0.3 is 0 Å². The van der Waals surface area contributed by atoms with Gasteiger partial charge in [0.15, 0.2) is 0 Å². The summed E-state index contributed by atoms with van der Waals surface area (Å²) in [6.07, 6.45) is 5.81. The van der Waals surface area contributed by atoms with Crippen LogP contribution < -0.4 is 11.5 Å². The summed E-state index contributed by atoms with van der Waals surface area (Å²) in [5.41, 5.74) is 21.1. The second-order valence-electron chi connectivity index (χ2n) is 11.0. The first kappa shape index (κ1) is 27.9. The number of benzene rings is 6. The van der Waals surface area contributed by atoms with E-state index in [2.05, 4.69) is 132 Å². The van der Waals surface area contributed by atoms with Gasteiger partial charge in [-0.1, -0.05) is 109 Å². The molecule has 0 amide bonds. The van der Waals surface area contributed by atoms with Crippen molar-refractivity contribution in [1.29, 1.82) is 0 Å². The van der Waals surface area contributed by atoms with Crippen molar-refractivity contribution < 1.29 is 9.47 Å². The van der Waals surface area contributed by atoms with Gasteiger partial charge in [0, 0.05) is 28.6 Å². The lowest BCUT2D eigenvalue weighted by molar-refractivity contribution is 0.235. The zero-order valence-electron chi connectivity index (χ0n) is 24.8. The number of ether oxygens (including phenoxy) is 2. The molecule has 0 spiro atoms. The number of rotatable bonds is 9. The molecule has 0 saturated carbocycles. The summed E-state index contributed by atoms with van der Waals surface area (Å²) in [6, 6.07) is 45.7. The summed E-state index contributed by atoms with van der Waals surface area (Å²) in [6.45, 7) is 0.958. The van der Waals surface area contributed by atoms with Crippen LogP contribution in [0.5, 0.6) is 0 Å². The smallest absolute Gasteiger partial charge is 0.112 e. The fraction of sp³-hybridized carbons (Fsp3) is 0.0500. The molecule has 0 fully saturated rings. The van der Waals surface area contributed by atoms with Gasteiger partial charge < -0.3 is 25.5 Å². The summed E-state index contributed by atoms with van der Waals surface area (Å²) >= 11 is 0. The van der Waals surface area contributed by atoms with Crippen molar-refractivity contribution >= 4 is 32.6 Å². The Morgan fingerprint density at radius 1 is 0.489 bits per heavy atom. The van der Waals surface area contributed by atoms with Gasteiger partial charge in [0.2, 0.25) is 0 Å². The average Bonchev–Trinajstić information content (AvgIpc) is 3.41. The zero-order chi connectivity index (χ0) is 30.6. The Labute approximate surface area is 262 Å². The second-order valence-corrected chi connectivity index (χ2v) is 11.0. The van der Waals surface area contributed by atoms with Crippen LogP contribution in [0.4, 0.5) is 0 Å². The standard InChI is InChI=1S/C40H33N3O2/c41-20-22-44-26-28-8-12-30(13-9-28)33-16-18-36-37-19-17-34(31-14-10-29(11-15-31)27-45-23-21-42)25-40(37)43(39(36)24-33)38-7-3-5-32-4-1-2-6-35(32)38/h1-25H,26-27,41-42H2/b22-20-,23-21-. The van der Waals surface area contributed by atoms with Crippen molar-refractivity contribution in [3.63, 3.8) is 0 Å². The van der Waals surface area contributed by atoms with E-state index < -0.39 is 0 Å². The largest absolute Gasteiger partial charge is 0.495 e. The zero-order valence-corrected chi connectivity index (χ0v) is 24.8. The van der Waals surface area contributed by atoms with Crippen LogP contribution in [0.25, 0.3) is 60.5 Å².